The number of nitrogens with one attached hydrogen (secondary N) is 1. The minimum absolute atomic E-state index is 0.223. The van der Waals surface area contributed by atoms with E-state index >= 15 is 0 Å². The Balaban J connectivity index is 2.95. The highest BCUT2D eigenvalue weighted by atomic mass is 32.2. The van der Waals surface area contributed by atoms with Crippen LogP contribution in [-0.2, 0) is 14.8 Å². The molecule has 0 saturated carbocycles. The summed E-state index contributed by atoms with van der Waals surface area (Å²) >= 11 is 0. The van der Waals surface area contributed by atoms with Crippen molar-refractivity contribution in [3.05, 3.63) is 28.7 Å². The second-order valence-corrected chi connectivity index (χ2v) is 6.83. The monoisotopic (exact) mass is 317 g/mol. The number of aromatic nitrogens is 1. The molecule has 21 heavy (non-hydrogen) atoms. The van der Waals surface area contributed by atoms with Gasteiger partial charge in [-0.25, -0.2) is 8.42 Å². The third-order valence-corrected chi connectivity index (χ3v) is 4.88. The molecule has 120 valence electrons. The number of methoxy groups -OCH3 is 1. The van der Waals surface area contributed by atoms with Crippen LogP contribution in [0.15, 0.2) is 28.2 Å². The molecule has 0 aliphatic rings. The van der Waals surface area contributed by atoms with E-state index in [4.69, 9.17) is 4.74 Å². The third kappa shape index (κ3) is 5.24. The molecule has 1 N–H and O–H groups in total. The predicted octanol–water partition coefficient (Wildman–Crippen LogP) is -0.0363. The van der Waals surface area contributed by atoms with Crippen molar-refractivity contribution in [1.29, 1.82) is 0 Å². The average molecular weight is 317 g/mol. The van der Waals surface area contributed by atoms with Gasteiger partial charge in [-0.3, -0.25) is 4.79 Å². The molecule has 0 saturated heterocycles. The lowest BCUT2D eigenvalue weighted by molar-refractivity contribution is 0.177. The summed E-state index contributed by atoms with van der Waals surface area (Å²) in [6, 6.07) is 1.21. The van der Waals surface area contributed by atoms with E-state index in [-0.39, 0.29) is 18.0 Å². The molecule has 0 aromatic carbocycles. The number of rotatable bonds is 9. The Hall–Kier alpha value is -1.22. The lowest BCUT2D eigenvalue weighted by Gasteiger charge is -2.22. The van der Waals surface area contributed by atoms with Crippen molar-refractivity contribution < 1.29 is 13.2 Å². The van der Waals surface area contributed by atoms with Gasteiger partial charge < -0.3 is 14.6 Å². The van der Waals surface area contributed by atoms with Crippen molar-refractivity contribution >= 4 is 10.0 Å². The zero-order valence-electron chi connectivity index (χ0n) is 12.7. The van der Waals surface area contributed by atoms with Crippen LogP contribution in [-0.4, -0.2) is 70.1 Å². The fourth-order valence-electron chi connectivity index (χ4n) is 1.85. The second-order valence-electron chi connectivity index (χ2n) is 4.93. The van der Waals surface area contributed by atoms with Crippen molar-refractivity contribution in [2.24, 2.45) is 0 Å². The molecular formula is C13H23N3O4S. The number of hydrogen-bond donors (Lipinski definition) is 1. The molecule has 0 amide bonds. The molecule has 0 unspecified atom stereocenters. The van der Waals surface area contributed by atoms with Gasteiger partial charge in [-0.15, -0.1) is 0 Å². The Morgan fingerprint density at radius 3 is 2.52 bits per heavy atom. The summed E-state index contributed by atoms with van der Waals surface area (Å²) in [5, 5.41) is 0. The highest BCUT2D eigenvalue weighted by molar-refractivity contribution is 7.89. The van der Waals surface area contributed by atoms with Crippen molar-refractivity contribution in [1.82, 2.24) is 14.2 Å². The van der Waals surface area contributed by atoms with E-state index < -0.39 is 15.5 Å². The van der Waals surface area contributed by atoms with Gasteiger partial charge in [-0.1, -0.05) is 0 Å². The van der Waals surface area contributed by atoms with Crippen molar-refractivity contribution in [3.63, 3.8) is 0 Å². The zero-order chi connectivity index (χ0) is 15.9. The van der Waals surface area contributed by atoms with Crippen LogP contribution >= 0.6 is 0 Å². The summed E-state index contributed by atoms with van der Waals surface area (Å²) in [4.78, 5) is 16.2. The molecular weight excluding hydrogens is 294 g/mol. The van der Waals surface area contributed by atoms with Crippen LogP contribution in [0.1, 0.15) is 6.42 Å². The van der Waals surface area contributed by atoms with E-state index in [1.54, 1.807) is 0 Å². The minimum atomic E-state index is -3.81. The molecule has 1 rings (SSSR count). The van der Waals surface area contributed by atoms with E-state index in [0.29, 0.717) is 13.0 Å². The van der Waals surface area contributed by atoms with Crippen LogP contribution in [0.3, 0.4) is 0 Å². The standard InChI is InChI=1S/C13H23N3O4S/c1-15(2)7-4-8-16(9-10-20-3)21(18,19)13-11-14-6-5-12(13)17/h5-6,11H,4,7-10H2,1-3H3,(H,14,17). The number of ether oxygens (including phenoxy) is 1. The second kappa shape index (κ2) is 8.28. The van der Waals surface area contributed by atoms with Crippen molar-refractivity contribution in [2.45, 2.75) is 11.3 Å². The van der Waals surface area contributed by atoms with Gasteiger partial charge in [0.2, 0.25) is 15.5 Å². The molecule has 0 fully saturated rings. The Morgan fingerprint density at radius 1 is 1.24 bits per heavy atom. The predicted molar refractivity (Wildman–Crippen MR) is 80.9 cm³/mol. The van der Waals surface area contributed by atoms with E-state index in [1.165, 1.54) is 29.9 Å². The summed E-state index contributed by atoms with van der Waals surface area (Å²) in [5.74, 6) is 0. The summed E-state index contributed by atoms with van der Waals surface area (Å²) in [7, 11) is 1.56. The Morgan fingerprint density at radius 2 is 1.95 bits per heavy atom. The molecule has 1 aromatic rings. The lowest BCUT2D eigenvalue weighted by atomic mass is 10.4. The molecule has 0 aliphatic carbocycles. The maximum absolute atomic E-state index is 12.6. The quantitative estimate of drug-likeness (QED) is 0.691. The van der Waals surface area contributed by atoms with Gasteiger partial charge in [0.1, 0.15) is 4.90 Å². The highest BCUT2D eigenvalue weighted by Gasteiger charge is 2.26. The first-order chi connectivity index (χ1) is 9.89. The van der Waals surface area contributed by atoms with Crippen LogP contribution in [0.5, 0.6) is 0 Å². The van der Waals surface area contributed by atoms with Crippen LogP contribution < -0.4 is 5.43 Å². The van der Waals surface area contributed by atoms with Gasteiger partial charge in [0, 0.05) is 38.7 Å². The topological polar surface area (TPSA) is 82.7 Å². The van der Waals surface area contributed by atoms with Gasteiger partial charge >= 0.3 is 0 Å². The maximum Gasteiger partial charge on any atom is 0.248 e. The first-order valence-corrected chi connectivity index (χ1v) is 8.14. The molecule has 0 radical (unpaired) electrons. The van der Waals surface area contributed by atoms with Crippen molar-refractivity contribution in [3.8, 4) is 0 Å². The van der Waals surface area contributed by atoms with Crippen LogP contribution in [0.2, 0.25) is 0 Å². The zero-order valence-corrected chi connectivity index (χ0v) is 13.5. The Labute approximate surface area is 125 Å². The third-order valence-electron chi connectivity index (χ3n) is 2.96. The van der Waals surface area contributed by atoms with Gasteiger partial charge in [0.15, 0.2) is 0 Å². The lowest BCUT2D eigenvalue weighted by Crippen LogP contribution is -2.38. The summed E-state index contributed by atoms with van der Waals surface area (Å²) in [6.45, 7) is 1.62. The number of H-pyrrole nitrogens is 1. The van der Waals surface area contributed by atoms with E-state index in [2.05, 4.69) is 4.98 Å². The Bertz CT molecular complexity index is 583. The molecule has 7 nitrogen and oxygen atoms in total. The first-order valence-electron chi connectivity index (χ1n) is 6.70. The van der Waals surface area contributed by atoms with Crippen molar-refractivity contribution in [2.75, 3.05) is 47.4 Å². The smallest absolute Gasteiger partial charge is 0.248 e. The SMILES string of the molecule is COCCN(CCCN(C)C)S(=O)(=O)c1c[nH]ccc1=O. The fraction of sp³-hybridized carbons (Fsp3) is 0.615. The Kier molecular flexibility index (Phi) is 7.03. The van der Waals surface area contributed by atoms with Gasteiger partial charge in [0.05, 0.1) is 6.61 Å². The van der Waals surface area contributed by atoms with E-state index in [9.17, 15) is 13.2 Å². The van der Waals surface area contributed by atoms with Crippen LogP contribution in [0.25, 0.3) is 0 Å². The number of nitrogens with zero attached hydrogens (tertiary/aromatic N) is 2. The number of pyridine rings is 1. The minimum Gasteiger partial charge on any atom is -0.383 e. The highest BCUT2D eigenvalue weighted by Crippen LogP contribution is 2.11. The summed E-state index contributed by atoms with van der Waals surface area (Å²) < 4.78 is 31.4. The molecule has 8 heteroatoms. The van der Waals surface area contributed by atoms with E-state index in [0.717, 1.165) is 6.54 Å². The molecule has 1 heterocycles. The van der Waals surface area contributed by atoms with Crippen LogP contribution in [0, 0.1) is 0 Å². The molecule has 0 atom stereocenters. The fourth-order valence-corrected chi connectivity index (χ4v) is 3.35. The van der Waals surface area contributed by atoms with Gasteiger partial charge in [-0.05, 0) is 27.1 Å². The number of sulfonamides is 1. The first kappa shape index (κ1) is 17.8. The van der Waals surface area contributed by atoms with Gasteiger partial charge in [-0.2, -0.15) is 4.31 Å². The van der Waals surface area contributed by atoms with E-state index in [1.807, 2.05) is 19.0 Å². The summed E-state index contributed by atoms with van der Waals surface area (Å²) in [5.41, 5.74) is -0.510. The molecule has 1 aromatic heterocycles. The molecule has 0 aliphatic heterocycles. The number of hydrogen-bond acceptors (Lipinski definition) is 5. The van der Waals surface area contributed by atoms with Crippen LogP contribution in [0.4, 0.5) is 0 Å². The largest absolute Gasteiger partial charge is 0.383 e. The van der Waals surface area contributed by atoms with Gasteiger partial charge in [0.25, 0.3) is 0 Å². The molecule has 0 bridgehead atoms. The summed E-state index contributed by atoms with van der Waals surface area (Å²) in [6.07, 6.45) is 3.32. The number of aromatic amines is 1. The normalized spacial score (nSPS) is 12.2. The molecule has 0 spiro atoms. The average Bonchev–Trinajstić information content (AvgIpc) is 2.42. The maximum atomic E-state index is 12.6.